The van der Waals surface area contributed by atoms with Gasteiger partial charge in [0.2, 0.25) is 0 Å². The lowest BCUT2D eigenvalue weighted by Gasteiger charge is -2.12. The predicted octanol–water partition coefficient (Wildman–Crippen LogP) is 3.27. The van der Waals surface area contributed by atoms with Gasteiger partial charge < -0.3 is 14.9 Å². The van der Waals surface area contributed by atoms with Crippen molar-refractivity contribution in [1.82, 2.24) is 0 Å². The summed E-state index contributed by atoms with van der Waals surface area (Å²) in [4.78, 5) is 0. The molecule has 18 heavy (non-hydrogen) atoms. The molecule has 1 aromatic heterocycles. The Balaban J connectivity index is 2.44. The van der Waals surface area contributed by atoms with Gasteiger partial charge in [-0.15, -0.1) is 0 Å². The highest BCUT2D eigenvalue weighted by molar-refractivity contribution is 6.28. The van der Waals surface area contributed by atoms with Gasteiger partial charge in [0.05, 0.1) is 13.2 Å². The maximum atomic E-state index is 13.8. The molecule has 2 aromatic rings. The molecule has 0 amide bonds. The summed E-state index contributed by atoms with van der Waals surface area (Å²) in [7, 11) is 1.32. The van der Waals surface area contributed by atoms with Crippen LogP contribution >= 0.6 is 11.6 Å². The fourth-order valence-electron chi connectivity index (χ4n) is 1.61. The van der Waals surface area contributed by atoms with Crippen LogP contribution in [-0.4, -0.2) is 7.11 Å². The standard InChI is InChI=1S/C12H10ClF2NO2/c1-17-6-4-7(14)11(8(15)5-6)12(16)9-2-3-10(13)18-9/h2-5,12H,16H2,1H3. The Kier molecular flexibility index (Phi) is 3.54. The van der Waals surface area contributed by atoms with Crippen LogP contribution in [-0.2, 0) is 0 Å². The van der Waals surface area contributed by atoms with Gasteiger partial charge in [-0.1, -0.05) is 0 Å². The first-order valence-electron chi connectivity index (χ1n) is 5.06. The predicted molar refractivity (Wildman–Crippen MR) is 62.7 cm³/mol. The molecule has 2 N–H and O–H groups in total. The molecule has 3 nitrogen and oxygen atoms in total. The molecule has 0 spiro atoms. The van der Waals surface area contributed by atoms with E-state index in [9.17, 15) is 8.78 Å². The summed E-state index contributed by atoms with van der Waals surface area (Å²) in [6.07, 6.45) is 0. The number of hydrogen-bond donors (Lipinski definition) is 1. The van der Waals surface area contributed by atoms with Crippen LogP contribution in [0.15, 0.2) is 28.7 Å². The van der Waals surface area contributed by atoms with E-state index in [1.807, 2.05) is 0 Å². The number of benzene rings is 1. The topological polar surface area (TPSA) is 48.4 Å². The smallest absolute Gasteiger partial charge is 0.193 e. The molecular weight excluding hydrogens is 264 g/mol. The van der Waals surface area contributed by atoms with Crippen molar-refractivity contribution in [3.63, 3.8) is 0 Å². The Bertz CT molecular complexity index is 548. The molecule has 0 saturated heterocycles. The molecule has 1 heterocycles. The summed E-state index contributed by atoms with van der Waals surface area (Å²) in [6.45, 7) is 0. The van der Waals surface area contributed by atoms with Crippen molar-refractivity contribution in [2.75, 3.05) is 7.11 Å². The Hall–Kier alpha value is -1.59. The van der Waals surface area contributed by atoms with Crippen LogP contribution in [0.1, 0.15) is 17.4 Å². The Morgan fingerprint density at radius 3 is 2.33 bits per heavy atom. The summed E-state index contributed by atoms with van der Waals surface area (Å²) >= 11 is 5.59. The molecule has 0 saturated carbocycles. The van der Waals surface area contributed by atoms with E-state index in [1.54, 1.807) is 0 Å². The third-order valence-electron chi connectivity index (χ3n) is 2.50. The summed E-state index contributed by atoms with van der Waals surface area (Å²) in [6, 6.07) is 3.97. The molecule has 0 fully saturated rings. The lowest BCUT2D eigenvalue weighted by Crippen LogP contribution is -2.15. The Labute approximate surface area is 107 Å². The van der Waals surface area contributed by atoms with Crippen molar-refractivity contribution in [2.45, 2.75) is 6.04 Å². The fourth-order valence-corrected chi connectivity index (χ4v) is 1.77. The van der Waals surface area contributed by atoms with Gasteiger partial charge in [0, 0.05) is 17.7 Å². The number of hydrogen-bond acceptors (Lipinski definition) is 3. The first-order valence-corrected chi connectivity index (χ1v) is 5.44. The molecule has 0 radical (unpaired) electrons. The number of furan rings is 1. The molecule has 0 aliphatic carbocycles. The van der Waals surface area contributed by atoms with Crippen molar-refractivity contribution >= 4 is 11.6 Å². The minimum absolute atomic E-state index is 0.0819. The van der Waals surface area contributed by atoms with Gasteiger partial charge in [0.25, 0.3) is 0 Å². The van der Waals surface area contributed by atoms with Gasteiger partial charge in [-0.3, -0.25) is 0 Å². The van der Waals surface area contributed by atoms with E-state index in [1.165, 1.54) is 19.2 Å². The number of ether oxygens (including phenoxy) is 1. The number of rotatable bonds is 3. The molecule has 2 rings (SSSR count). The van der Waals surface area contributed by atoms with Gasteiger partial charge in [0.15, 0.2) is 5.22 Å². The van der Waals surface area contributed by atoms with Crippen molar-refractivity contribution in [3.05, 3.63) is 52.4 Å². The SMILES string of the molecule is COc1cc(F)c(C(N)c2ccc(Cl)o2)c(F)c1. The first kappa shape index (κ1) is 12.9. The maximum Gasteiger partial charge on any atom is 0.193 e. The van der Waals surface area contributed by atoms with Crippen LogP contribution in [0.3, 0.4) is 0 Å². The molecule has 1 atom stereocenters. The second-order valence-corrected chi connectivity index (χ2v) is 4.00. The second-order valence-electron chi connectivity index (χ2n) is 3.62. The van der Waals surface area contributed by atoms with Crippen LogP contribution in [0.2, 0.25) is 5.22 Å². The van der Waals surface area contributed by atoms with Gasteiger partial charge in [0.1, 0.15) is 23.1 Å². The van der Waals surface area contributed by atoms with Gasteiger partial charge in [-0.25, -0.2) is 8.78 Å². The van der Waals surface area contributed by atoms with Crippen molar-refractivity contribution in [2.24, 2.45) is 5.73 Å². The van der Waals surface area contributed by atoms with Gasteiger partial charge in [-0.05, 0) is 23.7 Å². The number of methoxy groups -OCH3 is 1. The molecule has 0 aliphatic heterocycles. The minimum atomic E-state index is -1.07. The number of halogens is 3. The van der Waals surface area contributed by atoms with E-state index in [0.29, 0.717) is 0 Å². The average molecular weight is 274 g/mol. The zero-order valence-corrected chi connectivity index (χ0v) is 10.2. The van der Waals surface area contributed by atoms with Crippen LogP contribution in [0.5, 0.6) is 5.75 Å². The molecular formula is C12H10ClF2NO2. The Morgan fingerprint density at radius 2 is 1.89 bits per heavy atom. The highest BCUT2D eigenvalue weighted by atomic mass is 35.5. The van der Waals surface area contributed by atoms with Crippen LogP contribution in [0.25, 0.3) is 0 Å². The van der Waals surface area contributed by atoms with E-state index >= 15 is 0 Å². The van der Waals surface area contributed by atoms with E-state index in [-0.39, 0.29) is 22.3 Å². The summed E-state index contributed by atoms with van der Waals surface area (Å²) < 4.78 is 37.3. The average Bonchev–Trinajstić information content (AvgIpc) is 2.74. The molecule has 1 unspecified atom stereocenters. The third kappa shape index (κ3) is 2.32. The van der Waals surface area contributed by atoms with Crippen LogP contribution in [0, 0.1) is 11.6 Å². The molecule has 96 valence electrons. The molecule has 0 bridgehead atoms. The van der Waals surface area contributed by atoms with E-state index in [2.05, 4.69) is 0 Å². The summed E-state index contributed by atoms with van der Waals surface area (Å²) in [5.74, 6) is -1.33. The monoisotopic (exact) mass is 273 g/mol. The lowest BCUT2D eigenvalue weighted by molar-refractivity contribution is 0.402. The van der Waals surface area contributed by atoms with Gasteiger partial charge in [-0.2, -0.15) is 0 Å². The second kappa shape index (κ2) is 4.96. The van der Waals surface area contributed by atoms with Crippen molar-refractivity contribution in [3.8, 4) is 5.75 Å². The zero-order chi connectivity index (χ0) is 13.3. The lowest BCUT2D eigenvalue weighted by atomic mass is 10.0. The summed E-state index contributed by atoms with van der Waals surface area (Å²) in [5.41, 5.74) is 5.46. The number of nitrogens with two attached hydrogens (primary N) is 1. The zero-order valence-electron chi connectivity index (χ0n) is 9.41. The van der Waals surface area contributed by atoms with Gasteiger partial charge >= 0.3 is 0 Å². The van der Waals surface area contributed by atoms with Crippen LogP contribution in [0.4, 0.5) is 8.78 Å². The van der Waals surface area contributed by atoms with Crippen LogP contribution < -0.4 is 10.5 Å². The fraction of sp³-hybridized carbons (Fsp3) is 0.167. The van der Waals surface area contributed by atoms with E-state index in [0.717, 1.165) is 12.1 Å². The minimum Gasteiger partial charge on any atom is -0.497 e. The van der Waals surface area contributed by atoms with E-state index < -0.39 is 17.7 Å². The largest absolute Gasteiger partial charge is 0.497 e. The maximum absolute atomic E-state index is 13.8. The molecule has 0 aliphatic rings. The molecule has 1 aromatic carbocycles. The molecule has 6 heteroatoms. The quantitative estimate of drug-likeness (QED) is 0.934. The Morgan fingerprint density at radius 1 is 1.28 bits per heavy atom. The summed E-state index contributed by atoms with van der Waals surface area (Å²) in [5, 5.41) is 0.106. The highest BCUT2D eigenvalue weighted by Crippen LogP contribution is 2.30. The van der Waals surface area contributed by atoms with E-state index in [4.69, 9.17) is 26.5 Å². The third-order valence-corrected chi connectivity index (χ3v) is 2.70. The highest BCUT2D eigenvalue weighted by Gasteiger charge is 2.22. The van der Waals surface area contributed by atoms with Crippen molar-refractivity contribution in [1.29, 1.82) is 0 Å². The van der Waals surface area contributed by atoms with Crippen molar-refractivity contribution < 1.29 is 17.9 Å². The normalized spacial score (nSPS) is 12.5. The first-order chi connectivity index (χ1) is 8.52.